The minimum atomic E-state index is -0.159. The average Bonchev–Trinajstić information content (AvgIpc) is 2.72. The molecule has 0 aromatic heterocycles. The first-order valence-corrected chi connectivity index (χ1v) is 6.76. The number of methoxy groups -OCH3 is 1. The van der Waals surface area contributed by atoms with E-state index in [1.807, 2.05) is 12.1 Å². The minimum Gasteiger partial charge on any atom is -0.508 e. The number of hydrogen-bond acceptors (Lipinski definition) is 4. The number of benzene rings is 1. The third-order valence-electron chi connectivity index (χ3n) is 3.92. The summed E-state index contributed by atoms with van der Waals surface area (Å²) in [4.78, 5) is 11.0. The molecular formula is C15H21NO3. The number of rotatable bonds is 5. The van der Waals surface area contributed by atoms with E-state index in [0.717, 1.165) is 31.2 Å². The highest BCUT2D eigenvalue weighted by Crippen LogP contribution is 2.39. The summed E-state index contributed by atoms with van der Waals surface area (Å²) in [5.41, 5.74) is 8.33. The van der Waals surface area contributed by atoms with Crippen LogP contribution in [0.15, 0.2) is 18.2 Å². The molecule has 1 aromatic carbocycles. The molecule has 19 heavy (non-hydrogen) atoms. The SMILES string of the molecule is COC(=O)CCCCC1c2cccc(O)c2CC1N. The Morgan fingerprint density at radius 1 is 1.47 bits per heavy atom. The van der Waals surface area contributed by atoms with Gasteiger partial charge in [-0.15, -0.1) is 0 Å². The number of nitrogens with two attached hydrogens (primary N) is 1. The number of carbonyl (C=O) groups is 1. The van der Waals surface area contributed by atoms with Gasteiger partial charge in [0, 0.05) is 12.5 Å². The number of hydrogen-bond donors (Lipinski definition) is 2. The molecule has 0 saturated heterocycles. The zero-order valence-electron chi connectivity index (χ0n) is 11.3. The molecule has 0 aliphatic heterocycles. The van der Waals surface area contributed by atoms with Crippen LogP contribution in [-0.2, 0) is 16.0 Å². The quantitative estimate of drug-likeness (QED) is 0.630. The standard InChI is InChI=1S/C15H21NO3/c1-19-15(18)8-3-2-5-11-10-6-4-7-14(17)12(10)9-13(11)16/h4,6-7,11,13,17H,2-3,5,8-9,16H2,1H3. The fraction of sp³-hybridized carbons (Fsp3) is 0.533. The van der Waals surface area contributed by atoms with Crippen molar-refractivity contribution in [3.8, 4) is 5.75 Å². The van der Waals surface area contributed by atoms with Gasteiger partial charge in [0.2, 0.25) is 0 Å². The van der Waals surface area contributed by atoms with Crippen molar-refractivity contribution >= 4 is 5.97 Å². The predicted molar refractivity (Wildman–Crippen MR) is 73.0 cm³/mol. The summed E-state index contributed by atoms with van der Waals surface area (Å²) in [6.07, 6.45) is 3.93. The van der Waals surface area contributed by atoms with Crippen LogP contribution in [0, 0.1) is 0 Å². The second-order valence-corrected chi connectivity index (χ2v) is 5.14. The Kier molecular flexibility index (Phi) is 4.43. The van der Waals surface area contributed by atoms with Gasteiger partial charge in [-0.3, -0.25) is 4.79 Å². The van der Waals surface area contributed by atoms with E-state index in [-0.39, 0.29) is 12.0 Å². The number of aromatic hydroxyl groups is 1. The molecule has 0 spiro atoms. The third-order valence-corrected chi connectivity index (χ3v) is 3.92. The van der Waals surface area contributed by atoms with Gasteiger partial charge in [-0.1, -0.05) is 18.6 Å². The van der Waals surface area contributed by atoms with Crippen molar-refractivity contribution in [2.24, 2.45) is 5.73 Å². The van der Waals surface area contributed by atoms with Crippen molar-refractivity contribution in [2.75, 3.05) is 7.11 Å². The van der Waals surface area contributed by atoms with Gasteiger partial charge in [-0.05, 0) is 42.4 Å². The van der Waals surface area contributed by atoms with Gasteiger partial charge < -0.3 is 15.6 Å². The first-order chi connectivity index (χ1) is 9.13. The van der Waals surface area contributed by atoms with Crippen LogP contribution < -0.4 is 5.73 Å². The first-order valence-electron chi connectivity index (χ1n) is 6.76. The van der Waals surface area contributed by atoms with Gasteiger partial charge >= 0.3 is 5.97 Å². The lowest BCUT2D eigenvalue weighted by Gasteiger charge is -2.16. The van der Waals surface area contributed by atoms with E-state index in [1.54, 1.807) is 6.07 Å². The van der Waals surface area contributed by atoms with E-state index < -0.39 is 0 Å². The van der Waals surface area contributed by atoms with Crippen molar-refractivity contribution in [3.05, 3.63) is 29.3 Å². The molecule has 3 N–H and O–H groups in total. The average molecular weight is 263 g/mol. The molecule has 2 rings (SSSR count). The number of esters is 1. The van der Waals surface area contributed by atoms with Crippen LogP contribution in [0.5, 0.6) is 5.75 Å². The molecule has 1 aromatic rings. The predicted octanol–water partition coefficient (Wildman–Crippen LogP) is 2.09. The number of fused-ring (bicyclic) bond motifs is 1. The molecule has 0 radical (unpaired) electrons. The lowest BCUT2D eigenvalue weighted by molar-refractivity contribution is -0.140. The maximum Gasteiger partial charge on any atom is 0.305 e. The summed E-state index contributed by atoms with van der Waals surface area (Å²) in [6.45, 7) is 0. The van der Waals surface area contributed by atoms with Gasteiger partial charge in [0.05, 0.1) is 7.11 Å². The second kappa shape index (κ2) is 6.06. The molecule has 2 unspecified atom stereocenters. The molecule has 104 valence electrons. The van der Waals surface area contributed by atoms with Crippen LogP contribution in [0.1, 0.15) is 42.7 Å². The molecule has 0 heterocycles. The zero-order chi connectivity index (χ0) is 13.8. The summed E-state index contributed by atoms with van der Waals surface area (Å²) < 4.78 is 4.62. The maximum atomic E-state index is 11.0. The van der Waals surface area contributed by atoms with Crippen molar-refractivity contribution in [1.29, 1.82) is 0 Å². The highest BCUT2D eigenvalue weighted by Gasteiger charge is 2.30. The minimum absolute atomic E-state index is 0.0708. The fourth-order valence-electron chi connectivity index (χ4n) is 2.88. The van der Waals surface area contributed by atoms with Gasteiger partial charge in [-0.25, -0.2) is 0 Å². The molecule has 0 fully saturated rings. The summed E-state index contributed by atoms with van der Waals surface area (Å²) in [5, 5.41) is 9.83. The van der Waals surface area contributed by atoms with Crippen molar-refractivity contribution in [3.63, 3.8) is 0 Å². The lowest BCUT2D eigenvalue weighted by Crippen LogP contribution is -2.24. The van der Waals surface area contributed by atoms with E-state index >= 15 is 0 Å². The maximum absolute atomic E-state index is 11.0. The van der Waals surface area contributed by atoms with Gasteiger partial charge in [0.1, 0.15) is 5.75 Å². The lowest BCUT2D eigenvalue weighted by atomic mass is 9.92. The van der Waals surface area contributed by atoms with Crippen molar-refractivity contribution < 1.29 is 14.6 Å². The number of unbranched alkanes of at least 4 members (excludes halogenated alkanes) is 1. The van der Waals surface area contributed by atoms with Crippen LogP contribution in [0.4, 0.5) is 0 Å². The summed E-state index contributed by atoms with van der Waals surface area (Å²) in [5.74, 6) is 0.485. The molecule has 1 aliphatic carbocycles. The van der Waals surface area contributed by atoms with Crippen LogP contribution in [0.25, 0.3) is 0 Å². The van der Waals surface area contributed by atoms with Crippen LogP contribution >= 0.6 is 0 Å². The molecule has 4 nitrogen and oxygen atoms in total. The Morgan fingerprint density at radius 2 is 2.26 bits per heavy atom. The van der Waals surface area contributed by atoms with Crippen LogP contribution in [0.3, 0.4) is 0 Å². The van der Waals surface area contributed by atoms with Gasteiger partial charge in [-0.2, -0.15) is 0 Å². The van der Waals surface area contributed by atoms with E-state index in [2.05, 4.69) is 4.74 Å². The molecule has 0 bridgehead atoms. The van der Waals surface area contributed by atoms with Crippen molar-refractivity contribution in [1.82, 2.24) is 0 Å². The molecule has 2 atom stereocenters. The number of carbonyl (C=O) groups excluding carboxylic acids is 1. The summed E-state index contributed by atoms with van der Waals surface area (Å²) in [7, 11) is 1.41. The number of phenols is 1. The van der Waals surface area contributed by atoms with E-state index in [4.69, 9.17) is 5.73 Å². The molecule has 1 aliphatic rings. The highest BCUT2D eigenvalue weighted by atomic mass is 16.5. The monoisotopic (exact) mass is 263 g/mol. The highest BCUT2D eigenvalue weighted by molar-refractivity contribution is 5.68. The Morgan fingerprint density at radius 3 is 3.00 bits per heavy atom. The molecular weight excluding hydrogens is 242 g/mol. The Labute approximate surface area is 113 Å². The normalized spacial score (nSPS) is 21.2. The third kappa shape index (κ3) is 3.07. The van der Waals surface area contributed by atoms with Gasteiger partial charge in [0.15, 0.2) is 0 Å². The zero-order valence-corrected chi connectivity index (χ0v) is 11.3. The molecule has 4 heteroatoms. The Bertz CT molecular complexity index is 459. The van der Waals surface area contributed by atoms with Crippen LogP contribution in [0.2, 0.25) is 0 Å². The van der Waals surface area contributed by atoms with E-state index in [0.29, 0.717) is 18.1 Å². The molecule has 0 saturated carbocycles. The smallest absolute Gasteiger partial charge is 0.305 e. The molecule has 0 amide bonds. The fourth-order valence-corrected chi connectivity index (χ4v) is 2.88. The largest absolute Gasteiger partial charge is 0.508 e. The van der Waals surface area contributed by atoms with Crippen molar-refractivity contribution in [2.45, 2.75) is 44.1 Å². The topological polar surface area (TPSA) is 72.5 Å². The number of phenolic OH excluding ortho intramolecular Hbond substituents is 1. The van der Waals surface area contributed by atoms with Gasteiger partial charge in [0.25, 0.3) is 0 Å². The van der Waals surface area contributed by atoms with E-state index in [1.165, 1.54) is 12.7 Å². The first kappa shape index (κ1) is 13.9. The van der Waals surface area contributed by atoms with E-state index in [9.17, 15) is 9.90 Å². The Balaban J connectivity index is 1.92. The summed E-state index contributed by atoms with van der Waals surface area (Å²) >= 11 is 0. The second-order valence-electron chi connectivity index (χ2n) is 5.14. The summed E-state index contributed by atoms with van der Waals surface area (Å²) in [6, 6.07) is 5.70. The number of ether oxygens (including phenoxy) is 1. The Hall–Kier alpha value is -1.55. The van der Waals surface area contributed by atoms with Crippen LogP contribution in [-0.4, -0.2) is 24.2 Å².